The molecule has 1 fully saturated rings. The van der Waals surface area contributed by atoms with Gasteiger partial charge in [0.25, 0.3) is 5.91 Å². The van der Waals surface area contributed by atoms with Crippen molar-refractivity contribution in [2.75, 3.05) is 31.8 Å². The number of nitrogens with zero attached hydrogens (tertiary/aromatic N) is 1. The second kappa shape index (κ2) is 5.48. The van der Waals surface area contributed by atoms with Gasteiger partial charge in [-0.05, 0) is 31.5 Å². The summed E-state index contributed by atoms with van der Waals surface area (Å²) in [7, 11) is 3.48. The summed E-state index contributed by atoms with van der Waals surface area (Å²) in [6.07, 6.45) is 1.08. The van der Waals surface area contributed by atoms with Gasteiger partial charge in [0.2, 0.25) is 0 Å². The van der Waals surface area contributed by atoms with Crippen LogP contribution in [-0.4, -0.2) is 43.7 Å². The first-order valence-corrected chi connectivity index (χ1v) is 6.48. The van der Waals surface area contributed by atoms with Crippen LogP contribution in [0.3, 0.4) is 0 Å². The van der Waals surface area contributed by atoms with E-state index in [1.165, 1.54) is 0 Å². The van der Waals surface area contributed by atoms with Crippen LogP contribution >= 0.6 is 0 Å². The Labute approximate surface area is 113 Å². The number of nitrogens with two attached hydrogens (primary N) is 1. The third kappa shape index (κ3) is 2.98. The van der Waals surface area contributed by atoms with E-state index in [4.69, 9.17) is 10.5 Å². The molecule has 1 aromatic rings. The van der Waals surface area contributed by atoms with E-state index in [0.29, 0.717) is 11.3 Å². The molecule has 1 amide bonds. The highest BCUT2D eigenvalue weighted by Crippen LogP contribution is 2.25. The molecule has 0 bridgehead atoms. The molecule has 0 spiro atoms. The number of rotatable bonds is 3. The lowest BCUT2D eigenvalue weighted by Crippen LogP contribution is -2.29. The van der Waals surface area contributed by atoms with Crippen LogP contribution in [0.15, 0.2) is 18.2 Å². The van der Waals surface area contributed by atoms with Crippen LogP contribution in [0.1, 0.15) is 23.7 Å². The molecule has 0 radical (unpaired) electrons. The van der Waals surface area contributed by atoms with Crippen molar-refractivity contribution in [2.24, 2.45) is 0 Å². The Bertz CT molecular complexity index is 474. The fourth-order valence-electron chi connectivity index (χ4n) is 2.23. The molecule has 5 heteroatoms. The number of benzene rings is 1. The molecule has 0 aliphatic carbocycles. The van der Waals surface area contributed by atoms with Gasteiger partial charge in [-0.1, -0.05) is 0 Å². The van der Waals surface area contributed by atoms with Crippen molar-refractivity contribution in [3.05, 3.63) is 23.8 Å². The highest BCUT2D eigenvalue weighted by molar-refractivity contribution is 6.00. The van der Waals surface area contributed by atoms with Crippen molar-refractivity contribution >= 4 is 17.3 Å². The average molecular weight is 263 g/mol. The van der Waals surface area contributed by atoms with Gasteiger partial charge in [0.15, 0.2) is 0 Å². The second-order valence-corrected chi connectivity index (χ2v) is 5.12. The zero-order valence-electron chi connectivity index (χ0n) is 11.6. The molecular formula is C14H21N3O2. The smallest absolute Gasteiger partial charge is 0.255 e. The lowest BCUT2D eigenvalue weighted by Gasteiger charge is -2.21. The Morgan fingerprint density at radius 2 is 2.21 bits per heavy atom. The van der Waals surface area contributed by atoms with Crippen molar-refractivity contribution in [1.82, 2.24) is 4.90 Å². The summed E-state index contributed by atoms with van der Waals surface area (Å²) in [6, 6.07) is 5.54. The number of carbonyl (C=O) groups excluding carboxylic acids is 1. The molecule has 19 heavy (non-hydrogen) atoms. The molecule has 3 N–H and O–H groups in total. The Morgan fingerprint density at radius 3 is 2.79 bits per heavy atom. The Balaban J connectivity index is 2.27. The van der Waals surface area contributed by atoms with Gasteiger partial charge >= 0.3 is 0 Å². The zero-order chi connectivity index (χ0) is 14.0. The lowest BCUT2D eigenvalue weighted by atomic mass is 10.1. The van der Waals surface area contributed by atoms with E-state index in [9.17, 15) is 4.79 Å². The molecular weight excluding hydrogens is 242 g/mol. The quantitative estimate of drug-likeness (QED) is 0.812. The maximum Gasteiger partial charge on any atom is 0.255 e. The molecule has 1 aliphatic heterocycles. The van der Waals surface area contributed by atoms with Crippen LogP contribution in [0, 0.1) is 0 Å². The van der Waals surface area contributed by atoms with E-state index < -0.39 is 0 Å². The van der Waals surface area contributed by atoms with Crippen LogP contribution in [0.5, 0.6) is 0 Å². The first-order valence-electron chi connectivity index (χ1n) is 6.48. The van der Waals surface area contributed by atoms with Crippen molar-refractivity contribution in [3.8, 4) is 0 Å². The third-order valence-electron chi connectivity index (χ3n) is 3.40. The van der Waals surface area contributed by atoms with Gasteiger partial charge in [-0.3, -0.25) is 4.79 Å². The fourth-order valence-corrected chi connectivity index (χ4v) is 2.23. The van der Waals surface area contributed by atoms with Gasteiger partial charge in [-0.25, -0.2) is 0 Å². The summed E-state index contributed by atoms with van der Waals surface area (Å²) < 4.78 is 5.53. The third-order valence-corrected chi connectivity index (χ3v) is 3.40. The standard InChI is InChI=1S/C14H21N3O2/c1-9-12(6-7-19-9)16-13-8-10(15)4-5-11(13)14(18)17(2)3/h4-5,8-9,12,16H,6-7,15H2,1-3H3. The van der Waals surface area contributed by atoms with Crippen molar-refractivity contribution in [2.45, 2.75) is 25.5 Å². The molecule has 1 aromatic carbocycles. The van der Waals surface area contributed by atoms with Crippen LogP contribution in [0.4, 0.5) is 11.4 Å². The molecule has 0 aromatic heterocycles. The monoisotopic (exact) mass is 263 g/mol. The minimum Gasteiger partial charge on any atom is -0.399 e. The van der Waals surface area contributed by atoms with Gasteiger partial charge in [0.05, 0.1) is 17.7 Å². The first kappa shape index (κ1) is 13.7. The van der Waals surface area contributed by atoms with Crippen molar-refractivity contribution in [1.29, 1.82) is 0 Å². The molecule has 1 aliphatic rings. The molecule has 2 rings (SSSR count). The minimum atomic E-state index is -0.0333. The minimum absolute atomic E-state index is 0.0333. The van der Waals surface area contributed by atoms with E-state index >= 15 is 0 Å². The van der Waals surface area contributed by atoms with Gasteiger partial charge in [0, 0.05) is 32.1 Å². The number of nitrogens with one attached hydrogen (secondary N) is 1. The number of anilines is 2. The predicted molar refractivity (Wildman–Crippen MR) is 76.3 cm³/mol. The lowest BCUT2D eigenvalue weighted by molar-refractivity contribution is 0.0828. The molecule has 0 saturated carbocycles. The van der Waals surface area contributed by atoms with Crippen molar-refractivity contribution < 1.29 is 9.53 Å². The number of carbonyl (C=O) groups is 1. The van der Waals surface area contributed by atoms with Crippen LogP contribution in [0.2, 0.25) is 0 Å². The SMILES string of the molecule is CC1OCCC1Nc1cc(N)ccc1C(=O)N(C)C. The summed E-state index contributed by atoms with van der Waals surface area (Å²) in [5.74, 6) is -0.0333. The van der Waals surface area contributed by atoms with E-state index in [1.807, 2.05) is 13.0 Å². The summed E-state index contributed by atoms with van der Waals surface area (Å²) in [5, 5.41) is 3.38. The summed E-state index contributed by atoms with van der Waals surface area (Å²) >= 11 is 0. The molecule has 5 nitrogen and oxygen atoms in total. The van der Waals surface area contributed by atoms with E-state index in [0.717, 1.165) is 18.7 Å². The largest absolute Gasteiger partial charge is 0.399 e. The number of amides is 1. The topological polar surface area (TPSA) is 67.6 Å². The number of ether oxygens (including phenoxy) is 1. The summed E-state index contributed by atoms with van der Waals surface area (Å²) in [4.78, 5) is 13.7. The van der Waals surface area contributed by atoms with Gasteiger partial charge in [0.1, 0.15) is 0 Å². The van der Waals surface area contributed by atoms with Gasteiger partial charge in [-0.15, -0.1) is 0 Å². The molecule has 2 atom stereocenters. The highest BCUT2D eigenvalue weighted by Gasteiger charge is 2.25. The molecule has 1 heterocycles. The van der Waals surface area contributed by atoms with Crippen LogP contribution in [-0.2, 0) is 4.74 Å². The molecule has 1 saturated heterocycles. The predicted octanol–water partition coefficient (Wildman–Crippen LogP) is 1.56. The number of hydrogen-bond donors (Lipinski definition) is 2. The number of nitrogen functional groups attached to an aromatic ring is 1. The highest BCUT2D eigenvalue weighted by atomic mass is 16.5. The van der Waals surface area contributed by atoms with E-state index in [2.05, 4.69) is 5.32 Å². The summed E-state index contributed by atoms with van der Waals surface area (Å²) in [6.45, 7) is 2.78. The van der Waals surface area contributed by atoms with Crippen molar-refractivity contribution in [3.63, 3.8) is 0 Å². The molecule has 104 valence electrons. The Morgan fingerprint density at radius 1 is 1.47 bits per heavy atom. The maximum absolute atomic E-state index is 12.1. The van der Waals surface area contributed by atoms with E-state index in [-0.39, 0.29) is 18.1 Å². The summed E-state index contributed by atoms with van der Waals surface area (Å²) in [5.41, 5.74) is 7.88. The van der Waals surface area contributed by atoms with E-state index in [1.54, 1.807) is 31.1 Å². The normalized spacial score (nSPS) is 22.3. The zero-order valence-corrected chi connectivity index (χ0v) is 11.6. The Kier molecular flexibility index (Phi) is 3.95. The fraction of sp³-hybridized carbons (Fsp3) is 0.500. The maximum atomic E-state index is 12.1. The molecule has 2 unspecified atom stereocenters. The average Bonchev–Trinajstić information content (AvgIpc) is 2.74. The van der Waals surface area contributed by atoms with Gasteiger partial charge in [-0.2, -0.15) is 0 Å². The van der Waals surface area contributed by atoms with Gasteiger partial charge < -0.3 is 20.7 Å². The van der Waals surface area contributed by atoms with Crippen LogP contribution < -0.4 is 11.1 Å². The second-order valence-electron chi connectivity index (χ2n) is 5.12. The number of hydrogen-bond acceptors (Lipinski definition) is 4. The van der Waals surface area contributed by atoms with Crippen LogP contribution in [0.25, 0.3) is 0 Å². The Hall–Kier alpha value is -1.75. The first-order chi connectivity index (χ1) is 8.99.